The summed E-state index contributed by atoms with van der Waals surface area (Å²) in [6.45, 7) is 7.36. The van der Waals surface area contributed by atoms with E-state index in [9.17, 15) is 10.1 Å². The Balaban J connectivity index is 2.09. The summed E-state index contributed by atoms with van der Waals surface area (Å²) >= 11 is 0. The van der Waals surface area contributed by atoms with Crippen LogP contribution in [0.1, 0.15) is 26.0 Å². The fourth-order valence-corrected chi connectivity index (χ4v) is 2.90. The van der Waals surface area contributed by atoms with E-state index in [4.69, 9.17) is 4.74 Å². The van der Waals surface area contributed by atoms with Crippen LogP contribution in [-0.2, 0) is 11.8 Å². The average molecular weight is 282 g/mol. The van der Waals surface area contributed by atoms with Gasteiger partial charge in [0.1, 0.15) is 5.69 Å². The van der Waals surface area contributed by atoms with Gasteiger partial charge in [-0.1, -0.05) is 13.8 Å². The first kappa shape index (κ1) is 14.8. The van der Waals surface area contributed by atoms with Crippen molar-refractivity contribution in [3.63, 3.8) is 0 Å². The molecule has 0 bridgehead atoms. The minimum Gasteiger partial charge on any atom is -0.378 e. The van der Waals surface area contributed by atoms with Crippen LogP contribution >= 0.6 is 0 Å². The van der Waals surface area contributed by atoms with Crippen molar-refractivity contribution in [3.05, 3.63) is 15.8 Å². The standard InChI is InChI=1S/C13H22N4O3/c1-8(2)12-10(5-6-20-12)7-14-13-11(17(18)19)9(3)15-16(13)4/h8,10,12,14H,5-7H2,1-4H3. The Hall–Kier alpha value is -1.63. The molecule has 0 saturated carbocycles. The Morgan fingerprint density at radius 1 is 1.60 bits per heavy atom. The third-order valence-electron chi connectivity index (χ3n) is 3.83. The third kappa shape index (κ3) is 2.77. The average Bonchev–Trinajstić information content (AvgIpc) is 2.90. The van der Waals surface area contributed by atoms with Gasteiger partial charge in [0.25, 0.3) is 0 Å². The van der Waals surface area contributed by atoms with Gasteiger partial charge in [0.2, 0.25) is 5.82 Å². The van der Waals surface area contributed by atoms with Gasteiger partial charge in [-0.2, -0.15) is 5.10 Å². The van der Waals surface area contributed by atoms with Crippen molar-refractivity contribution in [2.24, 2.45) is 18.9 Å². The van der Waals surface area contributed by atoms with Gasteiger partial charge in [-0.3, -0.25) is 10.1 Å². The van der Waals surface area contributed by atoms with Crippen molar-refractivity contribution in [2.75, 3.05) is 18.5 Å². The Morgan fingerprint density at radius 3 is 2.90 bits per heavy atom. The first-order chi connectivity index (χ1) is 9.41. The topological polar surface area (TPSA) is 82.2 Å². The molecule has 112 valence electrons. The van der Waals surface area contributed by atoms with Crippen LogP contribution in [0.25, 0.3) is 0 Å². The van der Waals surface area contributed by atoms with Crippen molar-refractivity contribution in [1.82, 2.24) is 9.78 Å². The quantitative estimate of drug-likeness (QED) is 0.660. The van der Waals surface area contributed by atoms with Gasteiger partial charge in [0.05, 0.1) is 11.0 Å². The van der Waals surface area contributed by atoms with Crippen molar-refractivity contribution in [1.29, 1.82) is 0 Å². The zero-order valence-electron chi connectivity index (χ0n) is 12.4. The summed E-state index contributed by atoms with van der Waals surface area (Å²) in [5.41, 5.74) is 0.496. The molecule has 0 amide bonds. The van der Waals surface area contributed by atoms with Crippen molar-refractivity contribution < 1.29 is 9.66 Å². The van der Waals surface area contributed by atoms with E-state index in [2.05, 4.69) is 24.3 Å². The number of ether oxygens (including phenoxy) is 1. The first-order valence-electron chi connectivity index (χ1n) is 6.95. The summed E-state index contributed by atoms with van der Waals surface area (Å²) in [4.78, 5) is 10.7. The minimum absolute atomic E-state index is 0.0625. The van der Waals surface area contributed by atoms with Crippen LogP contribution in [0.4, 0.5) is 11.5 Å². The lowest BCUT2D eigenvalue weighted by Crippen LogP contribution is -2.28. The molecule has 1 N–H and O–H groups in total. The van der Waals surface area contributed by atoms with Gasteiger partial charge in [0.15, 0.2) is 0 Å². The highest BCUT2D eigenvalue weighted by Crippen LogP contribution is 2.30. The molecule has 1 aromatic rings. The zero-order chi connectivity index (χ0) is 14.9. The van der Waals surface area contributed by atoms with E-state index in [1.165, 1.54) is 4.68 Å². The fourth-order valence-electron chi connectivity index (χ4n) is 2.90. The van der Waals surface area contributed by atoms with Gasteiger partial charge < -0.3 is 10.1 Å². The molecule has 2 rings (SSSR count). The molecule has 1 aliphatic rings. The molecular formula is C13H22N4O3. The molecular weight excluding hydrogens is 260 g/mol. The van der Waals surface area contributed by atoms with E-state index in [1.54, 1.807) is 14.0 Å². The molecule has 2 heterocycles. The second-order valence-corrected chi connectivity index (χ2v) is 5.67. The molecule has 2 unspecified atom stereocenters. The van der Waals surface area contributed by atoms with Gasteiger partial charge >= 0.3 is 5.69 Å². The number of nitrogens with zero attached hydrogens (tertiary/aromatic N) is 3. The first-order valence-corrected chi connectivity index (χ1v) is 6.95. The molecule has 1 saturated heterocycles. The number of aromatic nitrogens is 2. The molecule has 0 radical (unpaired) electrons. The lowest BCUT2D eigenvalue weighted by Gasteiger charge is -2.22. The molecule has 1 aliphatic heterocycles. The van der Waals surface area contributed by atoms with Gasteiger partial charge in [-0.25, -0.2) is 4.68 Å². The SMILES string of the molecule is Cc1nn(C)c(NCC2CCOC2C(C)C)c1[N+](=O)[O-]. The number of hydrogen-bond acceptors (Lipinski definition) is 5. The molecule has 0 aliphatic carbocycles. The van der Waals surface area contributed by atoms with Crippen LogP contribution < -0.4 is 5.32 Å². The molecule has 1 fully saturated rings. The molecule has 0 aromatic carbocycles. The molecule has 20 heavy (non-hydrogen) atoms. The second-order valence-electron chi connectivity index (χ2n) is 5.67. The van der Waals surface area contributed by atoms with Crippen molar-refractivity contribution in [2.45, 2.75) is 33.3 Å². The monoisotopic (exact) mass is 282 g/mol. The maximum absolute atomic E-state index is 11.1. The van der Waals surface area contributed by atoms with Crippen LogP contribution in [0.3, 0.4) is 0 Å². The summed E-state index contributed by atoms with van der Waals surface area (Å²) in [6, 6.07) is 0. The predicted molar refractivity (Wildman–Crippen MR) is 75.8 cm³/mol. The summed E-state index contributed by atoms with van der Waals surface area (Å²) < 4.78 is 7.27. The van der Waals surface area contributed by atoms with Crippen LogP contribution in [-0.4, -0.2) is 34.0 Å². The van der Waals surface area contributed by atoms with Crippen LogP contribution in [0, 0.1) is 28.9 Å². The fraction of sp³-hybridized carbons (Fsp3) is 0.769. The van der Waals surface area contributed by atoms with Crippen LogP contribution in [0.5, 0.6) is 0 Å². The largest absolute Gasteiger partial charge is 0.378 e. The van der Waals surface area contributed by atoms with Crippen molar-refractivity contribution >= 4 is 11.5 Å². The van der Waals surface area contributed by atoms with Gasteiger partial charge in [0, 0.05) is 26.1 Å². The maximum Gasteiger partial charge on any atom is 0.333 e. The molecule has 7 nitrogen and oxygen atoms in total. The Bertz CT molecular complexity index is 498. The van der Waals surface area contributed by atoms with Crippen LogP contribution in [0.2, 0.25) is 0 Å². The van der Waals surface area contributed by atoms with E-state index in [-0.39, 0.29) is 16.7 Å². The second kappa shape index (κ2) is 5.78. The summed E-state index contributed by atoms with van der Waals surface area (Å²) in [6.07, 6.45) is 1.20. The highest BCUT2D eigenvalue weighted by atomic mass is 16.6. The zero-order valence-corrected chi connectivity index (χ0v) is 12.4. The smallest absolute Gasteiger partial charge is 0.333 e. The van der Waals surface area contributed by atoms with Crippen LogP contribution in [0.15, 0.2) is 0 Å². The molecule has 2 atom stereocenters. The highest BCUT2D eigenvalue weighted by Gasteiger charge is 2.32. The number of aryl methyl sites for hydroxylation is 2. The van der Waals surface area contributed by atoms with E-state index >= 15 is 0 Å². The normalized spacial score (nSPS) is 22.4. The summed E-state index contributed by atoms with van der Waals surface area (Å²) in [5.74, 6) is 1.30. The minimum atomic E-state index is -0.379. The Labute approximate surface area is 118 Å². The van der Waals surface area contributed by atoms with E-state index in [0.29, 0.717) is 29.9 Å². The van der Waals surface area contributed by atoms with E-state index in [1.807, 2.05) is 0 Å². The number of rotatable bonds is 5. The number of hydrogen-bond donors (Lipinski definition) is 1. The van der Waals surface area contributed by atoms with E-state index in [0.717, 1.165) is 13.0 Å². The van der Waals surface area contributed by atoms with E-state index < -0.39 is 0 Å². The number of nitrogens with one attached hydrogen (secondary N) is 1. The highest BCUT2D eigenvalue weighted by molar-refractivity contribution is 5.59. The predicted octanol–water partition coefficient (Wildman–Crippen LogP) is 2.11. The molecule has 1 aromatic heterocycles. The maximum atomic E-state index is 11.1. The molecule has 0 spiro atoms. The molecule has 7 heteroatoms. The number of nitro groups is 1. The van der Waals surface area contributed by atoms with Gasteiger partial charge in [-0.15, -0.1) is 0 Å². The lowest BCUT2D eigenvalue weighted by atomic mass is 9.93. The number of anilines is 1. The summed E-state index contributed by atoms with van der Waals surface area (Å²) in [5, 5.41) is 18.4. The van der Waals surface area contributed by atoms with Gasteiger partial charge in [-0.05, 0) is 19.3 Å². The third-order valence-corrected chi connectivity index (χ3v) is 3.83. The van der Waals surface area contributed by atoms with Crippen molar-refractivity contribution in [3.8, 4) is 0 Å². The Morgan fingerprint density at radius 2 is 2.30 bits per heavy atom. The Kier molecular flexibility index (Phi) is 4.27. The lowest BCUT2D eigenvalue weighted by molar-refractivity contribution is -0.384. The summed E-state index contributed by atoms with van der Waals surface area (Å²) in [7, 11) is 1.72.